The minimum absolute atomic E-state index is 0.126. The quantitative estimate of drug-likeness (QED) is 0.310. The topological polar surface area (TPSA) is 87.5 Å². The lowest BCUT2D eigenvalue weighted by molar-refractivity contribution is 0.340. The largest absolute Gasteiger partial charge is 0.507 e. The van der Waals surface area contributed by atoms with Crippen molar-refractivity contribution in [2.24, 2.45) is 5.10 Å². The van der Waals surface area contributed by atoms with Gasteiger partial charge in [-0.25, -0.2) is 10.6 Å². The molecular weight excluding hydrogens is 418 g/mol. The van der Waals surface area contributed by atoms with E-state index in [0.717, 1.165) is 15.8 Å². The molecule has 3 rings (SSSR count). The number of phenols is 1. The molecule has 0 atom stereocenters. The number of halogens is 1. The van der Waals surface area contributed by atoms with E-state index in [-0.39, 0.29) is 5.75 Å². The summed E-state index contributed by atoms with van der Waals surface area (Å²) in [6, 6.07) is 12.6. The van der Waals surface area contributed by atoms with Gasteiger partial charge in [0.1, 0.15) is 11.5 Å². The Morgan fingerprint density at radius 3 is 2.85 bits per heavy atom. The summed E-state index contributed by atoms with van der Waals surface area (Å²) in [5, 5.41) is 21.0. The first-order valence-corrected chi connectivity index (χ1v) is 8.97. The van der Waals surface area contributed by atoms with Gasteiger partial charge in [0.15, 0.2) is 5.82 Å². The van der Waals surface area contributed by atoms with Crippen LogP contribution in [0.25, 0.3) is 11.4 Å². The maximum atomic E-state index is 9.85. The second-order valence-electron chi connectivity index (χ2n) is 5.21. The number of ether oxygens (including phenoxy) is 1. The Bertz CT molecular complexity index is 982. The molecular formula is C17H16BrN5O2S. The van der Waals surface area contributed by atoms with Crippen molar-refractivity contribution in [1.29, 1.82) is 0 Å². The molecule has 26 heavy (non-hydrogen) atoms. The van der Waals surface area contributed by atoms with Crippen molar-refractivity contribution in [1.82, 2.24) is 14.9 Å². The van der Waals surface area contributed by atoms with Crippen LogP contribution in [-0.2, 0) is 0 Å². The molecule has 0 fully saturated rings. The maximum Gasteiger partial charge on any atom is 0.216 e. The number of phenolic OH excluding ortho intramolecular Hbond substituents is 1. The van der Waals surface area contributed by atoms with Crippen LogP contribution in [-0.4, -0.2) is 32.8 Å². The molecule has 1 aromatic heterocycles. The zero-order chi connectivity index (χ0) is 18.5. The second-order valence-corrected chi connectivity index (χ2v) is 6.51. The molecule has 0 aliphatic rings. The van der Waals surface area contributed by atoms with Gasteiger partial charge in [0, 0.05) is 15.6 Å². The molecule has 2 aromatic carbocycles. The summed E-state index contributed by atoms with van der Waals surface area (Å²) in [4.78, 5) is 0. The molecule has 0 saturated heterocycles. The molecule has 3 N–H and O–H groups in total. The van der Waals surface area contributed by atoms with Gasteiger partial charge in [-0.05, 0) is 61.6 Å². The van der Waals surface area contributed by atoms with Crippen LogP contribution in [0.1, 0.15) is 12.5 Å². The standard InChI is InChI=1S/C17H16BrN5O2S/c1-2-25-14-6-3-11(4-7-14)16-20-21-17(26)23(16)22-19-10-12-9-13(18)5-8-15(12)24/h3-10,22,24H,2H2,1H3,(H,21,26). The number of aromatic hydroxyl groups is 1. The van der Waals surface area contributed by atoms with E-state index in [1.54, 1.807) is 18.2 Å². The number of benzene rings is 2. The third kappa shape index (κ3) is 4.12. The molecule has 9 heteroatoms. The smallest absolute Gasteiger partial charge is 0.216 e. The Hall–Kier alpha value is -2.65. The molecule has 0 bridgehead atoms. The molecule has 7 nitrogen and oxygen atoms in total. The Morgan fingerprint density at radius 1 is 1.35 bits per heavy atom. The first-order chi connectivity index (χ1) is 12.6. The number of nitrogens with zero attached hydrogens (tertiary/aromatic N) is 3. The summed E-state index contributed by atoms with van der Waals surface area (Å²) in [5.74, 6) is 1.49. The summed E-state index contributed by atoms with van der Waals surface area (Å²) in [6.45, 7) is 2.54. The zero-order valence-electron chi connectivity index (χ0n) is 13.8. The van der Waals surface area contributed by atoms with Crippen molar-refractivity contribution in [2.45, 2.75) is 6.92 Å². The van der Waals surface area contributed by atoms with E-state index >= 15 is 0 Å². The SMILES string of the molecule is CCOc1ccc(-c2n[nH]c(=S)n2NN=Cc2cc(Br)ccc2O)cc1. The van der Waals surface area contributed by atoms with Crippen LogP contribution in [0.4, 0.5) is 0 Å². The van der Waals surface area contributed by atoms with Crippen LogP contribution >= 0.6 is 28.1 Å². The van der Waals surface area contributed by atoms with E-state index in [1.807, 2.05) is 31.2 Å². The maximum absolute atomic E-state index is 9.85. The summed E-state index contributed by atoms with van der Waals surface area (Å²) >= 11 is 8.60. The van der Waals surface area contributed by atoms with Crippen molar-refractivity contribution in [2.75, 3.05) is 12.1 Å². The summed E-state index contributed by atoms with van der Waals surface area (Å²) in [5.41, 5.74) is 4.23. The van der Waals surface area contributed by atoms with E-state index in [0.29, 0.717) is 22.8 Å². The average molecular weight is 434 g/mol. The number of nitrogens with one attached hydrogen (secondary N) is 2. The molecule has 0 aliphatic heterocycles. The highest BCUT2D eigenvalue weighted by Gasteiger charge is 2.08. The van der Waals surface area contributed by atoms with E-state index in [9.17, 15) is 5.11 Å². The summed E-state index contributed by atoms with van der Waals surface area (Å²) in [7, 11) is 0. The van der Waals surface area contributed by atoms with E-state index < -0.39 is 0 Å². The van der Waals surface area contributed by atoms with Crippen LogP contribution in [0.5, 0.6) is 11.5 Å². The van der Waals surface area contributed by atoms with Gasteiger partial charge in [-0.2, -0.15) is 14.9 Å². The predicted molar refractivity (Wildman–Crippen MR) is 107 cm³/mol. The molecule has 0 amide bonds. The second kappa shape index (κ2) is 8.15. The van der Waals surface area contributed by atoms with Crippen LogP contribution in [0.2, 0.25) is 0 Å². The van der Waals surface area contributed by atoms with Gasteiger partial charge in [0.25, 0.3) is 0 Å². The third-order valence-electron chi connectivity index (χ3n) is 3.45. The highest BCUT2D eigenvalue weighted by atomic mass is 79.9. The summed E-state index contributed by atoms with van der Waals surface area (Å²) in [6.07, 6.45) is 1.50. The van der Waals surface area contributed by atoms with E-state index in [2.05, 4.69) is 36.8 Å². The Morgan fingerprint density at radius 2 is 2.12 bits per heavy atom. The Balaban J connectivity index is 1.83. The predicted octanol–water partition coefficient (Wildman–Crippen LogP) is 4.05. The third-order valence-corrected chi connectivity index (χ3v) is 4.21. The molecule has 0 radical (unpaired) electrons. The van der Waals surface area contributed by atoms with Crippen LogP contribution in [0.3, 0.4) is 0 Å². The van der Waals surface area contributed by atoms with E-state index in [4.69, 9.17) is 17.0 Å². The minimum atomic E-state index is 0.126. The average Bonchev–Trinajstić information content (AvgIpc) is 3.00. The van der Waals surface area contributed by atoms with Crippen LogP contribution in [0, 0.1) is 4.77 Å². The number of aromatic nitrogens is 3. The van der Waals surface area contributed by atoms with Crippen molar-refractivity contribution >= 4 is 34.4 Å². The van der Waals surface area contributed by atoms with Crippen molar-refractivity contribution < 1.29 is 9.84 Å². The van der Waals surface area contributed by atoms with Gasteiger partial charge >= 0.3 is 0 Å². The molecule has 0 unspecified atom stereocenters. The van der Waals surface area contributed by atoms with Gasteiger partial charge in [0.2, 0.25) is 4.77 Å². The first-order valence-electron chi connectivity index (χ1n) is 7.76. The number of aromatic amines is 1. The van der Waals surface area contributed by atoms with Crippen LogP contribution in [0.15, 0.2) is 52.0 Å². The number of rotatable bonds is 6. The lowest BCUT2D eigenvalue weighted by atomic mass is 10.2. The van der Waals surface area contributed by atoms with E-state index in [1.165, 1.54) is 10.9 Å². The first kappa shape index (κ1) is 18.2. The molecule has 1 heterocycles. The zero-order valence-corrected chi connectivity index (χ0v) is 16.2. The van der Waals surface area contributed by atoms with Gasteiger partial charge in [0.05, 0.1) is 12.8 Å². The highest BCUT2D eigenvalue weighted by molar-refractivity contribution is 9.10. The molecule has 0 aliphatic carbocycles. The van der Waals surface area contributed by atoms with Crippen molar-refractivity contribution in [3.63, 3.8) is 0 Å². The fourth-order valence-electron chi connectivity index (χ4n) is 2.24. The Kier molecular flexibility index (Phi) is 5.69. The number of hydrogen-bond donors (Lipinski definition) is 3. The number of hydrogen-bond acceptors (Lipinski definition) is 6. The normalized spacial score (nSPS) is 11.0. The molecule has 0 spiro atoms. The fourth-order valence-corrected chi connectivity index (χ4v) is 2.79. The molecule has 134 valence electrons. The lowest BCUT2D eigenvalue weighted by Gasteiger charge is -2.07. The molecule has 0 saturated carbocycles. The van der Waals surface area contributed by atoms with Crippen LogP contribution < -0.4 is 10.3 Å². The summed E-state index contributed by atoms with van der Waals surface area (Å²) < 4.78 is 8.19. The Labute approximate surface area is 163 Å². The van der Waals surface area contributed by atoms with Gasteiger partial charge in [-0.3, -0.25) is 0 Å². The highest BCUT2D eigenvalue weighted by Crippen LogP contribution is 2.21. The minimum Gasteiger partial charge on any atom is -0.507 e. The number of hydrazone groups is 1. The van der Waals surface area contributed by atoms with Gasteiger partial charge in [-0.1, -0.05) is 15.9 Å². The molecule has 3 aromatic rings. The van der Waals surface area contributed by atoms with Crippen molar-refractivity contribution in [3.8, 4) is 22.9 Å². The van der Waals surface area contributed by atoms with Gasteiger partial charge < -0.3 is 9.84 Å². The fraction of sp³-hybridized carbons (Fsp3) is 0.118. The number of H-pyrrole nitrogens is 1. The monoisotopic (exact) mass is 433 g/mol. The van der Waals surface area contributed by atoms with Crippen molar-refractivity contribution in [3.05, 3.63) is 57.3 Å². The lowest BCUT2D eigenvalue weighted by Crippen LogP contribution is -2.10. The van der Waals surface area contributed by atoms with Gasteiger partial charge in [-0.15, -0.1) is 0 Å².